The number of benzene rings is 2. The lowest BCUT2D eigenvalue weighted by Crippen LogP contribution is -2.46. The minimum atomic E-state index is -3.65. The van der Waals surface area contributed by atoms with Gasteiger partial charge in [0.15, 0.2) is 0 Å². The zero-order valence-corrected chi connectivity index (χ0v) is 20.0. The van der Waals surface area contributed by atoms with E-state index in [9.17, 15) is 27.6 Å². The molecule has 2 amide bonds. The molecule has 3 aromatic rings. The van der Waals surface area contributed by atoms with E-state index >= 15 is 0 Å². The van der Waals surface area contributed by atoms with Crippen LogP contribution in [0.3, 0.4) is 0 Å². The van der Waals surface area contributed by atoms with Crippen LogP contribution in [0, 0.1) is 11.2 Å². The molecule has 2 atom stereocenters. The van der Waals surface area contributed by atoms with Crippen molar-refractivity contribution in [3.05, 3.63) is 88.1 Å². The zero-order chi connectivity index (χ0) is 26.9. The maximum atomic E-state index is 13.6. The average Bonchev–Trinajstić information content (AvgIpc) is 3.17. The van der Waals surface area contributed by atoms with E-state index in [4.69, 9.17) is 5.41 Å². The van der Waals surface area contributed by atoms with E-state index in [1.54, 1.807) is 37.5 Å². The molecule has 0 aliphatic carbocycles. The summed E-state index contributed by atoms with van der Waals surface area (Å²) in [5.41, 5.74) is 2.16. The number of carbonyl (C=O) groups excluding carboxylic acids is 2. The number of carbonyl (C=O) groups is 2. The van der Waals surface area contributed by atoms with Gasteiger partial charge in [0.1, 0.15) is 5.82 Å². The Morgan fingerprint density at radius 3 is 2.43 bits per heavy atom. The molecule has 1 aromatic heterocycles. The molecule has 0 unspecified atom stereocenters. The Hall–Kier alpha value is -4.41. The van der Waals surface area contributed by atoms with Crippen molar-refractivity contribution in [1.29, 1.82) is 5.41 Å². The van der Waals surface area contributed by atoms with Crippen molar-refractivity contribution < 1.29 is 22.8 Å². The molecule has 4 rings (SSSR count). The second kappa shape index (κ2) is 9.92. The molecule has 0 spiro atoms. The Morgan fingerprint density at radius 1 is 1.11 bits per heavy atom. The summed E-state index contributed by atoms with van der Waals surface area (Å²) in [4.78, 5) is 38.2. The van der Waals surface area contributed by atoms with Gasteiger partial charge in [-0.15, -0.1) is 0 Å². The smallest absolute Gasteiger partial charge is 0.321 e. The molecule has 1 saturated heterocycles. The number of aromatic nitrogens is 1. The van der Waals surface area contributed by atoms with Gasteiger partial charge in [-0.05, 0) is 42.0 Å². The fraction of sp³-hybridized carbons (Fsp3) is 0.231. The highest BCUT2D eigenvalue weighted by Gasteiger charge is 2.45. The summed E-state index contributed by atoms with van der Waals surface area (Å²) in [6.45, 7) is 0.469. The van der Waals surface area contributed by atoms with Crippen molar-refractivity contribution in [2.45, 2.75) is 31.4 Å². The van der Waals surface area contributed by atoms with Crippen molar-refractivity contribution in [2.24, 2.45) is 7.05 Å². The molecule has 0 radical (unpaired) electrons. The van der Waals surface area contributed by atoms with Crippen molar-refractivity contribution in [3.8, 4) is 0 Å². The largest absolute Gasteiger partial charge is 0.354 e. The van der Waals surface area contributed by atoms with Gasteiger partial charge in [0.2, 0.25) is 11.5 Å². The molecule has 8 nitrogen and oxygen atoms in total. The van der Waals surface area contributed by atoms with Gasteiger partial charge in [-0.1, -0.05) is 12.1 Å². The van der Waals surface area contributed by atoms with Crippen LogP contribution < -0.4 is 21.1 Å². The Bertz CT molecular complexity index is 1420. The molecule has 3 N–H and O–H groups in total. The lowest BCUT2D eigenvalue weighted by molar-refractivity contribution is -0.143. The van der Waals surface area contributed by atoms with Gasteiger partial charge in [0, 0.05) is 55.8 Å². The molecular weight excluding hydrogens is 487 g/mol. The number of halogens is 3. The van der Waals surface area contributed by atoms with Crippen LogP contribution in [0.1, 0.15) is 30.5 Å². The van der Waals surface area contributed by atoms with Crippen molar-refractivity contribution >= 4 is 35.1 Å². The normalized spacial score (nSPS) is 17.5. The van der Waals surface area contributed by atoms with Crippen LogP contribution in [0.25, 0.3) is 0 Å². The highest BCUT2D eigenvalue weighted by Crippen LogP contribution is 2.39. The molecule has 192 valence electrons. The third-order valence-corrected chi connectivity index (χ3v) is 6.08. The van der Waals surface area contributed by atoms with Crippen molar-refractivity contribution in [1.82, 2.24) is 9.88 Å². The van der Waals surface area contributed by atoms with Crippen LogP contribution in [0.4, 0.5) is 30.2 Å². The van der Waals surface area contributed by atoms with Crippen LogP contribution in [0.5, 0.6) is 0 Å². The minimum Gasteiger partial charge on any atom is -0.354 e. The van der Waals surface area contributed by atoms with Crippen molar-refractivity contribution in [2.75, 3.05) is 10.2 Å². The number of nitrogens with one attached hydrogen (secondary N) is 3. The fourth-order valence-corrected chi connectivity index (χ4v) is 4.26. The summed E-state index contributed by atoms with van der Waals surface area (Å²) in [7, 11) is 1.60. The van der Waals surface area contributed by atoms with Gasteiger partial charge < -0.3 is 25.5 Å². The zero-order valence-electron chi connectivity index (χ0n) is 20.0. The quantitative estimate of drug-likeness (QED) is 0.419. The topological polar surface area (TPSA) is 107 Å². The number of amides is 2. The maximum absolute atomic E-state index is 13.6. The Balaban J connectivity index is 1.71. The van der Waals surface area contributed by atoms with Gasteiger partial charge >= 0.3 is 5.92 Å². The Kier molecular flexibility index (Phi) is 6.88. The van der Waals surface area contributed by atoms with Gasteiger partial charge in [-0.25, -0.2) is 4.39 Å². The van der Waals surface area contributed by atoms with Crippen LogP contribution in [-0.4, -0.2) is 34.6 Å². The summed E-state index contributed by atoms with van der Waals surface area (Å²) < 4.78 is 42.3. The van der Waals surface area contributed by atoms with Gasteiger partial charge in [-0.2, -0.15) is 8.78 Å². The summed E-state index contributed by atoms with van der Waals surface area (Å²) in [6.07, 6.45) is 2.43. The van der Waals surface area contributed by atoms with Gasteiger partial charge in [0.05, 0.1) is 17.8 Å². The highest BCUT2D eigenvalue weighted by molar-refractivity contribution is 6.00. The Morgan fingerprint density at radius 2 is 1.81 bits per heavy atom. The molecule has 0 saturated carbocycles. The van der Waals surface area contributed by atoms with Gasteiger partial charge in [-0.3, -0.25) is 14.4 Å². The van der Waals surface area contributed by atoms with Crippen LogP contribution in [0.2, 0.25) is 0 Å². The van der Waals surface area contributed by atoms with Crippen LogP contribution in [-0.2, 0) is 16.6 Å². The van der Waals surface area contributed by atoms with E-state index in [1.165, 1.54) is 39.8 Å². The third-order valence-electron chi connectivity index (χ3n) is 6.08. The highest BCUT2D eigenvalue weighted by atomic mass is 19.3. The summed E-state index contributed by atoms with van der Waals surface area (Å²) >= 11 is 0. The standard InChI is InChI=1S/C26H24F3N5O3/c1-26(28,29)25(37)32-21-12-23(36)34(24(21)15-3-5-17(27)6-4-15)19-8-9-20(16(11-19)13-30)31-18-7-10-22(35)33(2)14-18/h3-11,13-14,21,24,30-31H,12H2,1-2H3,(H,32,37)/t21-,24+/m1/s1. The van der Waals surface area contributed by atoms with Crippen LogP contribution >= 0.6 is 0 Å². The molecule has 37 heavy (non-hydrogen) atoms. The molecule has 11 heteroatoms. The number of aryl methyl sites for hydroxylation is 1. The first-order valence-electron chi connectivity index (χ1n) is 11.3. The number of pyridine rings is 1. The second-order valence-electron chi connectivity index (χ2n) is 8.84. The van der Waals surface area contributed by atoms with Crippen LogP contribution in [0.15, 0.2) is 65.6 Å². The molecule has 2 aromatic carbocycles. The average molecular weight is 512 g/mol. The van der Waals surface area contributed by atoms with Crippen molar-refractivity contribution in [3.63, 3.8) is 0 Å². The molecule has 2 heterocycles. The number of anilines is 3. The van der Waals surface area contributed by atoms with E-state index in [0.717, 1.165) is 6.21 Å². The van der Waals surface area contributed by atoms with E-state index in [1.807, 2.05) is 0 Å². The van der Waals surface area contributed by atoms with E-state index in [2.05, 4.69) is 10.6 Å². The Labute approximate surface area is 210 Å². The monoisotopic (exact) mass is 511 g/mol. The first kappa shape index (κ1) is 25.7. The van der Waals surface area contributed by atoms with E-state index in [0.29, 0.717) is 35.1 Å². The summed E-state index contributed by atoms with van der Waals surface area (Å²) in [5, 5.41) is 13.3. The number of nitrogens with zero attached hydrogens (tertiary/aromatic N) is 2. The number of alkyl halides is 2. The molecular formula is C26H24F3N5O3. The minimum absolute atomic E-state index is 0.185. The predicted molar refractivity (Wildman–Crippen MR) is 133 cm³/mol. The third kappa shape index (κ3) is 5.40. The number of hydrogen-bond acceptors (Lipinski definition) is 5. The number of hydrogen-bond donors (Lipinski definition) is 3. The van der Waals surface area contributed by atoms with E-state index < -0.39 is 35.6 Å². The first-order chi connectivity index (χ1) is 17.5. The molecule has 0 bridgehead atoms. The maximum Gasteiger partial charge on any atom is 0.321 e. The predicted octanol–water partition coefficient (Wildman–Crippen LogP) is 3.88. The molecule has 1 fully saturated rings. The first-order valence-corrected chi connectivity index (χ1v) is 11.3. The molecule has 1 aliphatic rings. The van der Waals surface area contributed by atoms with Gasteiger partial charge in [0.25, 0.3) is 5.91 Å². The summed E-state index contributed by atoms with van der Waals surface area (Å²) in [6, 6.07) is 11.2. The fourth-order valence-electron chi connectivity index (χ4n) is 4.26. The second-order valence-corrected chi connectivity index (χ2v) is 8.84. The van der Waals surface area contributed by atoms with E-state index in [-0.39, 0.29) is 12.0 Å². The molecule has 1 aliphatic heterocycles. The lowest BCUT2D eigenvalue weighted by Gasteiger charge is -2.30. The SMILES string of the molecule is Cn1cc(Nc2ccc(N3C(=O)C[C@@H](NC(=O)C(C)(F)F)[C@@H]3c3ccc(F)cc3)cc2C=N)ccc1=O. The summed E-state index contributed by atoms with van der Waals surface area (Å²) in [5.74, 6) is -6.11. The number of rotatable bonds is 7. The lowest BCUT2D eigenvalue weighted by atomic mass is 9.99.